The molecule has 4 rings (SSSR count). The van der Waals surface area contributed by atoms with Gasteiger partial charge in [0, 0.05) is 49.0 Å². The zero-order chi connectivity index (χ0) is 30.6. The third kappa shape index (κ3) is 6.21. The normalized spacial score (nSPS) is 17.4. The summed E-state index contributed by atoms with van der Waals surface area (Å²) in [5.41, 5.74) is -1.60. The van der Waals surface area contributed by atoms with E-state index in [1.54, 1.807) is 0 Å². The number of hydrogen-bond acceptors (Lipinski definition) is 8. The van der Waals surface area contributed by atoms with Crippen LogP contribution in [0.3, 0.4) is 0 Å². The molecule has 42 heavy (non-hydrogen) atoms. The van der Waals surface area contributed by atoms with Crippen molar-refractivity contribution in [1.82, 2.24) is 15.1 Å². The van der Waals surface area contributed by atoms with Gasteiger partial charge in [-0.25, -0.2) is 13.5 Å². The summed E-state index contributed by atoms with van der Waals surface area (Å²) in [5.74, 6) is -5.46. The number of aromatic nitrogens is 2. The van der Waals surface area contributed by atoms with E-state index in [-0.39, 0.29) is 29.4 Å². The highest BCUT2D eigenvalue weighted by Gasteiger charge is 2.46. The number of benzene rings is 2. The summed E-state index contributed by atoms with van der Waals surface area (Å²) in [6.45, 7) is -4.09. The van der Waals surface area contributed by atoms with Crippen molar-refractivity contribution in [3.05, 3.63) is 81.8 Å². The lowest BCUT2D eigenvalue weighted by atomic mass is 9.92. The summed E-state index contributed by atoms with van der Waals surface area (Å²) in [6.07, 6.45) is 1.21. The lowest BCUT2D eigenvalue weighted by molar-refractivity contribution is -0.118. The molecule has 1 unspecified atom stereocenters. The van der Waals surface area contributed by atoms with E-state index in [1.807, 2.05) is 0 Å². The molecule has 224 valence electrons. The molecule has 0 radical (unpaired) electrons. The minimum Gasteiger partial charge on any atom is -0.497 e. The molecule has 1 aliphatic heterocycles. The minimum atomic E-state index is -3.08. The Labute approximate surface area is 236 Å². The third-order valence-corrected chi connectivity index (χ3v) is 6.66. The third-order valence-electron chi connectivity index (χ3n) is 6.66. The molecule has 15 heteroatoms. The molecule has 0 spiro atoms. The number of carbonyl (C=O) groups is 2. The molecule has 2 heterocycles. The number of carbonyl (C=O) groups excluding carboxylic acids is 2. The number of anilines is 1. The Kier molecular flexibility index (Phi) is 9.42. The Morgan fingerprint density at radius 1 is 1.10 bits per heavy atom. The Hall–Kier alpha value is -4.50. The number of nitrogens with one attached hydrogen (secondary N) is 1. The zero-order valence-corrected chi connectivity index (χ0v) is 22.3. The van der Waals surface area contributed by atoms with Gasteiger partial charge in [0.1, 0.15) is 40.9 Å². The molecule has 1 aliphatic rings. The summed E-state index contributed by atoms with van der Waals surface area (Å²) in [6, 6.07) is 5.18. The first kappa shape index (κ1) is 30.5. The highest BCUT2D eigenvalue weighted by atomic mass is 19.3. The number of methoxy groups -OCH3 is 2. The maximum absolute atomic E-state index is 15.2. The molecule has 3 aromatic rings. The topological polar surface area (TPSA) is 132 Å². The second-order valence-corrected chi connectivity index (χ2v) is 9.17. The number of aliphatic hydroxyl groups excluding tert-OH is 1. The minimum absolute atomic E-state index is 0.0612. The monoisotopic (exact) mass is 594 g/mol. The molecule has 2 amide bonds. The fourth-order valence-electron chi connectivity index (χ4n) is 4.69. The molecule has 0 aliphatic carbocycles. The molecule has 1 saturated heterocycles. The van der Waals surface area contributed by atoms with Crippen LogP contribution in [0, 0.1) is 11.6 Å². The summed E-state index contributed by atoms with van der Waals surface area (Å²) in [4.78, 5) is 41.1. The van der Waals surface area contributed by atoms with Gasteiger partial charge in [0.15, 0.2) is 0 Å². The van der Waals surface area contributed by atoms with E-state index in [4.69, 9.17) is 9.47 Å². The van der Waals surface area contributed by atoms with E-state index in [2.05, 4.69) is 15.2 Å². The molecule has 2 aromatic carbocycles. The lowest BCUT2D eigenvalue weighted by Crippen LogP contribution is -2.45. The first-order valence-electron chi connectivity index (χ1n) is 12.5. The lowest BCUT2D eigenvalue weighted by Gasteiger charge is -2.20. The Morgan fingerprint density at radius 2 is 1.76 bits per heavy atom. The molecule has 3 atom stereocenters. The van der Waals surface area contributed by atoms with Gasteiger partial charge in [-0.1, -0.05) is 0 Å². The highest BCUT2D eigenvalue weighted by Crippen LogP contribution is 2.36. The largest absolute Gasteiger partial charge is 0.497 e. The standard InChI is InChI=1S/C27H26F4N4O7/c1-40-13-15(12-36)35-25(38)21(7-8-32-35)34-11-18(22-19(28)9-17(41-2)10-20(22)29)23(26(34)39)33-24(37)14-3-5-16(6-4-14)42-27(30)31/h3-10,15,18,23,27,36H,11-13H2,1-2H3,(H,33,37)/t15?,18-,23-/m0/s1. The van der Waals surface area contributed by atoms with Crippen LogP contribution in [0.15, 0.2) is 53.5 Å². The number of amides is 2. The predicted octanol–water partition coefficient (Wildman–Crippen LogP) is 2.24. The summed E-state index contributed by atoms with van der Waals surface area (Å²) < 4.78 is 70.5. The number of aliphatic hydroxyl groups is 1. The van der Waals surface area contributed by atoms with Crippen LogP contribution in [-0.4, -0.2) is 73.3 Å². The van der Waals surface area contributed by atoms with Crippen molar-refractivity contribution in [2.45, 2.75) is 24.6 Å². The average molecular weight is 595 g/mol. The van der Waals surface area contributed by atoms with Gasteiger partial charge in [0.25, 0.3) is 11.5 Å². The van der Waals surface area contributed by atoms with Gasteiger partial charge in [-0.15, -0.1) is 0 Å². The van der Waals surface area contributed by atoms with Crippen molar-refractivity contribution in [1.29, 1.82) is 0 Å². The average Bonchev–Trinajstić information content (AvgIpc) is 3.26. The fourth-order valence-corrected chi connectivity index (χ4v) is 4.69. The van der Waals surface area contributed by atoms with Crippen molar-refractivity contribution in [3.63, 3.8) is 0 Å². The maximum atomic E-state index is 15.2. The number of hydrogen-bond donors (Lipinski definition) is 2. The highest BCUT2D eigenvalue weighted by molar-refractivity contribution is 6.05. The quantitative estimate of drug-likeness (QED) is 0.323. The summed E-state index contributed by atoms with van der Waals surface area (Å²) in [5, 5.41) is 16.1. The molecule has 1 fully saturated rings. The zero-order valence-electron chi connectivity index (χ0n) is 22.3. The van der Waals surface area contributed by atoms with E-state index in [0.29, 0.717) is 0 Å². The SMILES string of the molecule is COCC(CO)n1nccc(N2C[C@@H](c3c(F)cc(OC)cc3F)[C@H](NC(=O)c3ccc(OC(F)F)cc3)C2=O)c1=O. The molecule has 1 aromatic heterocycles. The van der Waals surface area contributed by atoms with E-state index >= 15 is 8.78 Å². The Morgan fingerprint density at radius 3 is 2.33 bits per heavy atom. The second-order valence-electron chi connectivity index (χ2n) is 9.17. The van der Waals surface area contributed by atoms with Crippen LogP contribution < -0.4 is 25.2 Å². The number of alkyl halides is 2. The second kappa shape index (κ2) is 13.0. The molecule has 0 bridgehead atoms. The first-order chi connectivity index (χ1) is 20.1. The van der Waals surface area contributed by atoms with Crippen molar-refractivity contribution >= 4 is 17.5 Å². The number of rotatable bonds is 11. The van der Waals surface area contributed by atoms with Crippen LogP contribution in [0.4, 0.5) is 23.2 Å². The van der Waals surface area contributed by atoms with Gasteiger partial charge in [-0.05, 0) is 30.3 Å². The smallest absolute Gasteiger partial charge is 0.387 e. The van der Waals surface area contributed by atoms with Crippen LogP contribution in [0.25, 0.3) is 0 Å². The van der Waals surface area contributed by atoms with Crippen molar-refractivity contribution < 1.29 is 46.5 Å². The summed E-state index contributed by atoms with van der Waals surface area (Å²) in [7, 11) is 2.57. The van der Waals surface area contributed by atoms with Gasteiger partial charge in [-0.2, -0.15) is 13.9 Å². The van der Waals surface area contributed by atoms with Gasteiger partial charge in [0.2, 0.25) is 5.91 Å². The van der Waals surface area contributed by atoms with Crippen LogP contribution in [0.1, 0.15) is 27.9 Å². The van der Waals surface area contributed by atoms with Gasteiger partial charge in [-0.3, -0.25) is 14.4 Å². The van der Waals surface area contributed by atoms with Crippen LogP contribution in [0.5, 0.6) is 11.5 Å². The predicted molar refractivity (Wildman–Crippen MR) is 139 cm³/mol. The van der Waals surface area contributed by atoms with E-state index in [9.17, 15) is 28.3 Å². The Bertz CT molecular complexity index is 1480. The number of halogens is 4. The van der Waals surface area contributed by atoms with Gasteiger partial charge >= 0.3 is 6.61 Å². The molecule has 2 N–H and O–H groups in total. The van der Waals surface area contributed by atoms with Crippen LogP contribution >= 0.6 is 0 Å². The van der Waals surface area contributed by atoms with Gasteiger partial charge in [0.05, 0.1) is 20.3 Å². The number of ether oxygens (including phenoxy) is 3. The molecular weight excluding hydrogens is 568 g/mol. The van der Waals surface area contributed by atoms with Crippen LogP contribution in [0.2, 0.25) is 0 Å². The van der Waals surface area contributed by atoms with E-state index in [0.717, 1.165) is 33.8 Å². The molecule has 11 nitrogen and oxygen atoms in total. The summed E-state index contributed by atoms with van der Waals surface area (Å²) >= 11 is 0. The number of nitrogens with zero attached hydrogens (tertiary/aromatic N) is 3. The molecule has 0 saturated carbocycles. The van der Waals surface area contributed by atoms with Crippen molar-refractivity contribution in [2.75, 3.05) is 38.9 Å². The van der Waals surface area contributed by atoms with Gasteiger partial charge < -0.3 is 29.5 Å². The van der Waals surface area contributed by atoms with Crippen LogP contribution in [-0.2, 0) is 9.53 Å². The van der Waals surface area contributed by atoms with Crippen molar-refractivity contribution in [3.8, 4) is 11.5 Å². The maximum Gasteiger partial charge on any atom is 0.387 e. The first-order valence-corrected chi connectivity index (χ1v) is 12.5. The van der Waals surface area contributed by atoms with E-state index < -0.39 is 72.3 Å². The van der Waals surface area contributed by atoms with E-state index in [1.165, 1.54) is 38.6 Å². The Balaban J connectivity index is 1.73. The fraction of sp³-hybridized carbons (Fsp3) is 0.333. The van der Waals surface area contributed by atoms with Crippen molar-refractivity contribution in [2.24, 2.45) is 0 Å². The molecular formula is C27H26F4N4O7.